The predicted molar refractivity (Wildman–Crippen MR) is 104 cm³/mol. The summed E-state index contributed by atoms with van der Waals surface area (Å²) in [6, 6.07) is 6.78. The first-order valence-electron chi connectivity index (χ1n) is 9.01. The van der Waals surface area contributed by atoms with Crippen LogP contribution < -0.4 is 10.5 Å². The molecule has 6 nitrogen and oxygen atoms in total. The summed E-state index contributed by atoms with van der Waals surface area (Å²) in [5.74, 6) is -0.556. The molecule has 1 aliphatic heterocycles. The van der Waals surface area contributed by atoms with Crippen LogP contribution >= 0.6 is 22.9 Å². The van der Waals surface area contributed by atoms with Crippen LogP contribution in [-0.4, -0.2) is 40.4 Å². The number of nitrogens with two attached hydrogens (primary N) is 1. The van der Waals surface area contributed by atoms with Crippen LogP contribution in [0.2, 0.25) is 5.02 Å². The summed E-state index contributed by atoms with van der Waals surface area (Å²) in [7, 11) is 0. The molecule has 2 aliphatic rings. The first-order valence-corrected chi connectivity index (χ1v) is 10.2. The van der Waals surface area contributed by atoms with Gasteiger partial charge in [-0.1, -0.05) is 35.1 Å². The number of likely N-dealkylation sites (tertiary alicyclic amines) is 1. The highest BCUT2D eigenvalue weighted by Gasteiger charge is 2.51. The van der Waals surface area contributed by atoms with Crippen LogP contribution in [-0.2, 0) is 4.79 Å². The number of hydrogen-bond acceptors (Lipinski definition) is 5. The molecule has 2 bridgehead atoms. The number of aromatic nitrogens is 1. The number of benzene rings is 1. The summed E-state index contributed by atoms with van der Waals surface area (Å²) in [4.78, 5) is 32.2. The predicted octanol–water partition coefficient (Wildman–Crippen LogP) is 3.34. The Balaban J connectivity index is 1.76. The van der Waals surface area contributed by atoms with Crippen LogP contribution in [0.25, 0.3) is 10.4 Å². The van der Waals surface area contributed by atoms with E-state index in [4.69, 9.17) is 22.1 Å². The van der Waals surface area contributed by atoms with Gasteiger partial charge in [-0.15, -0.1) is 0 Å². The van der Waals surface area contributed by atoms with Gasteiger partial charge in [0.05, 0.1) is 11.5 Å². The van der Waals surface area contributed by atoms with Crippen molar-refractivity contribution in [2.24, 2.45) is 11.7 Å². The van der Waals surface area contributed by atoms with Gasteiger partial charge in [-0.25, -0.2) is 0 Å². The number of halogens is 1. The molecule has 2 fully saturated rings. The average molecular weight is 406 g/mol. The number of hydrogen-bond donors (Lipinski definition) is 1. The Morgan fingerprint density at radius 1 is 1.41 bits per heavy atom. The molecule has 4 rings (SSSR count). The van der Waals surface area contributed by atoms with Crippen LogP contribution in [0.1, 0.15) is 36.7 Å². The lowest BCUT2D eigenvalue weighted by Gasteiger charge is -2.33. The average Bonchev–Trinajstić information content (AvgIpc) is 3.35. The van der Waals surface area contributed by atoms with Gasteiger partial charge in [0.25, 0.3) is 11.1 Å². The van der Waals surface area contributed by atoms with Crippen molar-refractivity contribution >= 4 is 34.8 Å². The van der Waals surface area contributed by atoms with E-state index >= 15 is 0 Å². The molecule has 1 saturated heterocycles. The molecule has 2 amide bonds. The highest BCUT2D eigenvalue weighted by atomic mass is 35.5. The maximum atomic E-state index is 13.4. The minimum atomic E-state index is -0.555. The lowest BCUT2D eigenvalue weighted by Crippen LogP contribution is -2.51. The molecule has 0 unspecified atom stereocenters. The Morgan fingerprint density at radius 2 is 2.22 bits per heavy atom. The number of carbonyl (C=O) groups is 2. The maximum Gasteiger partial charge on any atom is 0.275 e. The van der Waals surface area contributed by atoms with Crippen molar-refractivity contribution in [3.63, 3.8) is 0 Å². The SMILES string of the molecule is CCOc1nc(C(=O)N2[C@H]3CC[C@@H](C3)[C@@H]2C(N)=O)c(-c2cccc(Cl)c2)s1. The van der Waals surface area contributed by atoms with Gasteiger partial charge < -0.3 is 15.4 Å². The minimum Gasteiger partial charge on any atom is -0.470 e. The van der Waals surface area contributed by atoms with E-state index in [1.54, 1.807) is 17.0 Å². The molecule has 2 N–H and O–H groups in total. The highest BCUT2D eigenvalue weighted by Crippen LogP contribution is 2.44. The quantitative estimate of drug-likeness (QED) is 0.826. The maximum absolute atomic E-state index is 13.4. The molecule has 8 heteroatoms. The second-order valence-electron chi connectivity index (χ2n) is 6.89. The molecule has 2 aromatic rings. The van der Waals surface area contributed by atoms with Crippen LogP contribution in [0.3, 0.4) is 0 Å². The summed E-state index contributed by atoms with van der Waals surface area (Å²) in [5.41, 5.74) is 6.72. The van der Waals surface area contributed by atoms with Crippen LogP contribution in [0.15, 0.2) is 24.3 Å². The third-order valence-corrected chi connectivity index (χ3v) is 6.53. The molecule has 142 valence electrons. The van der Waals surface area contributed by atoms with E-state index in [1.165, 1.54) is 11.3 Å². The number of thiazole rings is 1. The Labute approximate surface area is 166 Å². The number of nitrogens with zero attached hydrogens (tertiary/aromatic N) is 2. The van der Waals surface area contributed by atoms with Crippen molar-refractivity contribution in [3.05, 3.63) is 35.0 Å². The van der Waals surface area contributed by atoms with E-state index in [0.717, 1.165) is 24.8 Å². The first kappa shape index (κ1) is 18.3. The van der Waals surface area contributed by atoms with Crippen molar-refractivity contribution < 1.29 is 14.3 Å². The third-order valence-electron chi connectivity index (χ3n) is 5.28. The third kappa shape index (κ3) is 3.19. The number of rotatable bonds is 5. The Hall–Kier alpha value is -2.12. The van der Waals surface area contributed by atoms with Gasteiger partial charge in [0.2, 0.25) is 5.91 Å². The zero-order valence-electron chi connectivity index (χ0n) is 14.9. The van der Waals surface area contributed by atoms with Crippen LogP contribution in [0.4, 0.5) is 0 Å². The van der Waals surface area contributed by atoms with E-state index in [9.17, 15) is 9.59 Å². The lowest BCUT2D eigenvalue weighted by molar-refractivity contribution is -0.123. The van der Waals surface area contributed by atoms with E-state index in [-0.39, 0.29) is 17.9 Å². The lowest BCUT2D eigenvalue weighted by atomic mass is 9.97. The van der Waals surface area contributed by atoms with Gasteiger partial charge in [0.1, 0.15) is 6.04 Å². The van der Waals surface area contributed by atoms with Gasteiger partial charge in [-0.3, -0.25) is 9.59 Å². The van der Waals surface area contributed by atoms with Gasteiger partial charge in [0, 0.05) is 11.1 Å². The van der Waals surface area contributed by atoms with E-state index in [2.05, 4.69) is 4.98 Å². The molecule has 0 radical (unpaired) electrons. The number of ether oxygens (including phenoxy) is 1. The minimum absolute atomic E-state index is 0.0458. The molecule has 0 spiro atoms. The smallest absolute Gasteiger partial charge is 0.275 e. The number of piperidine rings is 1. The fourth-order valence-corrected chi connectivity index (χ4v) is 5.38. The second-order valence-corrected chi connectivity index (χ2v) is 8.29. The summed E-state index contributed by atoms with van der Waals surface area (Å²) in [6.45, 7) is 2.32. The Bertz CT molecular complexity index is 900. The monoisotopic (exact) mass is 405 g/mol. The molecule has 27 heavy (non-hydrogen) atoms. The first-order chi connectivity index (χ1) is 13.0. The van der Waals surface area contributed by atoms with E-state index in [0.29, 0.717) is 27.4 Å². The Morgan fingerprint density at radius 3 is 2.93 bits per heavy atom. The summed E-state index contributed by atoms with van der Waals surface area (Å²) >= 11 is 7.44. The zero-order chi connectivity index (χ0) is 19.1. The number of amides is 2. The summed E-state index contributed by atoms with van der Waals surface area (Å²) < 4.78 is 5.54. The van der Waals surface area contributed by atoms with Crippen LogP contribution in [0, 0.1) is 5.92 Å². The Kier molecular flexibility index (Phi) is 4.82. The topological polar surface area (TPSA) is 85.5 Å². The van der Waals surface area contributed by atoms with Crippen LogP contribution in [0.5, 0.6) is 5.19 Å². The van der Waals surface area contributed by atoms with Crippen molar-refractivity contribution in [2.75, 3.05) is 6.61 Å². The fraction of sp³-hybridized carbons (Fsp3) is 0.421. The van der Waals surface area contributed by atoms with E-state index in [1.807, 2.05) is 19.1 Å². The van der Waals surface area contributed by atoms with Crippen molar-refractivity contribution in [3.8, 4) is 15.6 Å². The fourth-order valence-electron chi connectivity index (χ4n) is 4.23. The normalized spacial score (nSPS) is 23.6. The molecule has 3 atom stereocenters. The molecule has 2 heterocycles. The van der Waals surface area contributed by atoms with Gasteiger partial charge in [0.15, 0.2) is 5.69 Å². The number of primary amides is 1. The standard InChI is InChI=1S/C19H20ClN3O3S/c1-2-26-19-22-14(16(27-19)11-4-3-5-12(20)8-11)18(25)23-13-7-6-10(9-13)15(23)17(21)24/h3-5,8,10,13,15H,2,6-7,9H2,1H3,(H2,21,24)/t10-,13-,15+/m0/s1. The molecule has 1 saturated carbocycles. The van der Waals surface area contributed by atoms with Crippen molar-refractivity contribution in [1.82, 2.24) is 9.88 Å². The van der Waals surface area contributed by atoms with Gasteiger partial charge in [-0.2, -0.15) is 4.98 Å². The zero-order valence-corrected chi connectivity index (χ0v) is 16.4. The number of carbonyl (C=O) groups excluding carboxylic acids is 2. The molecule has 1 aromatic carbocycles. The second kappa shape index (κ2) is 7.13. The van der Waals surface area contributed by atoms with Crippen molar-refractivity contribution in [1.29, 1.82) is 0 Å². The molecule has 1 aliphatic carbocycles. The largest absolute Gasteiger partial charge is 0.470 e. The number of fused-ring (bicyclic) bond motifs is 2. The summed E-state index contributed by atoms with van der Waals surface area (Å²) in [6.07, 6.45) is 2.66. The highest BCUT2D eigenvalue weighted by molar-refractivity contribution is 7.17. The molecular formula is C19H20ClN3O3S. The van der Waals surface area contributed by atoms with Gasteiger partial charge >= 0.3 is 0 Å². The molecule has 1 aromatic heterocycles. The van der Waals surface area contributed by atoms with E-state index < -0.39 is 11.9 Å². The summed E-state index contributed by atoms with van der Waals surface area (Å²) in [5, 5.41) is 1.00. The van der Waals surface area contributed by atoms with Gasteiger partial charge in [-0.05, 0) is 49.8 Å². The van der Waals surface area contributed by atoms with Crippen molar-refractivity contribution in [2.45, 2.75) is 38.3 Å². The molecular weight excluding hydrogens is 386 g/mol.